The van der Waals surface area contributed by atoms with Crippen LogP contribution in [0.4, 0.5) is 5.69 Å². The summed E-state index contributed by atoms with van der Waals surface area (Å²) in [6.07, 6.45) is 2.55. The maximum Gasteiger partial charge on any atom is 0.123 e. The molecule has 5 rings (SSSR count). The minimum absolute atomic E-state index is 0.000745. The molecule has 0 radical (unpaired) electrons. The molecule has 0 saturated heterocycles. The monoisotopic (exact) mass is 500 g/mol. The van der Waals surface area contributed by atoms with Crippen LogP contribution in [0.15, 0.2) is 77.4 Å². The lowest BCUT2D eigenvalue weighted by Gasteiger charge is -2.31. The third kappa shape index (κ3) is 3.81. The van der Waals surface area contributed by atoms with E-state index in [2.05, 4.69) is 46.3 Å². The fraction of sp³-hybridized carbons (Fsp3) is 0.179. The highest BCUT2D eigenvalue weighted by atomic mass is 79.9. The Morgan fingerprint density at radius 2 is 1.70 bits per heavy atom. The maximum absolute atomic E-state index is 11.0. The van der Waals surface area contributed by atoms with E-state index in [1.807, 2.05) is 55.5 Å². The van der Waals surface area contributed by atoms with E-state index in [1.54, 1.807) is 6.07 Å². The molecule has 3 aromatic carbocycles. The topological polar surface area (TPSA) is 56.6 Å². The van der Waals surface area contributed by atoms with Crippen LogP contribution >= 0.6 is 15.9 Å². The third-order valence-electron chi connectivity index (χ3n) is 6.44. The number of fused-ring (bicyclic) bond motifs is 3. The van der Waals surface area contributed by atoms with Gasteiger partial charge in [0.15, 0.2) is 0 Å². The highest BCUT2D eigenvalue weighted by Gasteiger charge is 2.31. The van der Waals surface area contributed by atoms with Gasteiger partial charge in [0.1, 0.15) is 5.75 Å². The highest BCUT2D eigenvalue weighted by molar-refractivity contribution is 9.10. The summed E-state index contributed by atoms with van der Waals surface area (Å²) in [5.41, 5.74) is 8.99. The second kappa shape index (κ2) is 8.65. The number of halogens is 1. The molecule has 1 aromatic heterocycles. The standard InChI is InChI=1S/C28H25BrN2O2/c1-31(2)20-10-12-25(30-15-20)22-4-3-5-23-24(22)14-18(16-32)27-21(11-13-26(33)28(23)27)17-6-8-19(29)9-7-17/h3-13,15,18,32-33H,14,16H2,1-2H3. The van der Waals surface area contributed by atoms with Crippen LogP contribution in [0.5, 0.6) is 5.75 Å². The lowest BCUT2D eigenvalue weighted by molar-refractivity contribution is 0.264. The summed E-state index contributed by atoms with van der Waals surface area (Å²) in [5.74, 6) is 0.110. The molecule has 1 aliphatic carbocycles. The van der Waals surface area contributed by atoms with Crippen molar-refractivity contribution < 1.29 is 10.2 Å². The van der Waals surface area contributed by atoms with Gasteiger partial charge >= 0.3 is 0 Å². The SMILES string of the molecule is CN(C)c1ccc(-c2cccc3c2CC(CO)c2c(-c4ccc(Br)cc4)ccc(O)c2-3)nc1. The minimum Gasteiger partial charge on any atom is -0.507 e. The quantitative estimate of drug-likeness (QED) is 0.347. The smallest absolute Gasteiger partial charge is 0.123 e. The number of pyridine rings is 1. The molecule has 5 heteroatoms. The number of aromatic nitrogens is 1. The summed E-state index contributed by atoms with van der Waals surface area (Å²) in [6, 6.07) is 22.1. The van der Waals surface area contributed by atoms with Gasteiger partial charge in [0.05, 0.1) is 24.2 Å². The molecule has 1 atom stereocenters. The Hall–Kier alpha value is -3.15. The van der Waals surface area contributed by atoms with Crippen molar-refractivity contribution in [3.8, 4) is 39.3 Å². The molecule has 0 spiro atoms. The Bertz CT molecular complexity index is 1320. The summed E-state index contributed by atoms with van der Waals surface area (Å²) in [4.78, 5) is 6.73. The van der Waals surface area contributed by atoms with Crippen LogP contribution in [0, 0.1) is 0 Å². The van der Waals surface area contributed by atoms with Gasteiger partial charge < -0.3 is 15.1 Å². The van der Waals surface area contributed by atoms with E-state index in [0.717, 1.165) is 54.8 Å². The molecule has 1 heterocycles. The zero-order valence-electron chi connectivity index (χ0n) is 18.6. The normalized spacial score (nSPS) is 14.5. The molecule has 4 nitrogen and oxygen atoms in total. The molecular weight excluding hydrogens is 476 g/mol. The zero-order valence-corrected chi connectivity index (χ0v) is 20.2. The van der Waals surface area contributed by atoms with Crippen molar-refractivity contribution in [3.05, 3.63) is 88.5 Å². The average Bonchev–Trinajstić information content (AvgIpc) is 2.84. The second-order valence-corrected chi connectivity index (χ2v) is 9.55. The van der Waals surface area contributed by atoms with E-state index in [0.29, 0.717) is 6.42 Å². The van der Waals surface area contributed by atoms with Crippen LogP contribution < -0.4 is 4.90 Å². The van der Waals surface area contributed by atoms with Crippen molar-refractivity contribution in [1.82, 2.24) is 4.98 Å². The van der Waals surface area contributed by atoms with Crippen molar-refractivity contribution in [3.63, 3.8) is 0 Å². The largest absolute Gasteiger partial charge is 0.507 e. The van der Waals surface area contributed by atoms with Gasteiger partial charge in [-0.3, -0.25) is 4.98 Å². The lowest BCUT2D eigenvalue weighted by atomic mass is 9.74. The van der Waals surface area contributed by atoms with Crippen LogP contribution in [0.2, 0.25) is 0 Å². The molecule has 2 N–H and O–H groups in total. The predicted molar refractivity (Wildman–Crippen MR) is 138 cm³/mol. The lowest BCUT2D eigenvalue weighted by Crippen LogP contribution is -2.17. The minimum atomic E-state index is -0.125. The number of nitrogens with zero attached hydrogens (tertiary/aromatic N) is 2. The van der Waals surface area contributed by atoms with Crippen LogP contribution in [0.25, 0.3) is 33.5 Å². The molecule has 0 fully saturated rings. The Labute approximate surface area is 202 Å². The van der Waals surface area contributed by atoms with Gasteiger partial charge in [0.25, 0.3) is 0 Å². The number of aliphatic hydroxyl groups excluding tert-OH is 1. The van der Waals surface area contributed by atoms with E-state index in [1.165, 1.54) is 0 Å². The number of aliphatic hydroxyl groups is 1. The number of benzene rings is 3. The Balaban J connectivity index is 1.71. The molecule has 1 aliphatic rings. The molecule has 0 bridgehead atoms. The van der Waals surface area contributed by atoms with Crippen molar-refractivity contribution >= 4 is 21.6 Å². The van der Waals surface area contributed by atoms with Crippen LogP contribution in [0.1, 0.15) is 17.0 Å². The summed E-state index contributed by atoms with van der Waals surface area (Å²) in [6.45, 7) is 0.000745. The zero-order chi connectivity index (χ0) is 23.1. The summed E-state index contributed by atoms with van der Waals surface area (Å²) < 4.78 is 1.01. The molecule has 33 heavy (non-hydrogen) atoms. The highest BCUT2D eigenvalue weighted by Crippen LogP contribution is 2.50. The summed E-state index contributed by atoms with van der Waals surface area (Å²) in [7, 11) is 3.99. The van der Waals surface area contributed by atoms with E-state index in [9.17, 15) is 10.2 Å². The van der Waals surface area contributed by atoms with Crippen molar-refractivity contribution in [2.24, 2.45) is 0 Å². The molecule has 0 saturated carbocycles. The first kappa shape index (κ1) is 21.7. The van der Waals surface area contributed by atoms with Crippen LogP contribution in [-0.4, -0.2) is 35.9 Å². The molecule has 166 valence electrons. The van der Waals surface area contributed by atoms with E-state index < -0.39 is 0 Å². The number of phenols is 1. The van der Waals surface area contributed by atoms with Crippen molar-refractivity contribution in [2.45, 2.75) is 12.3 Å². The summed E-state index contributed by atoms with van der Waals surface area (Å²) >= 11 is 3.51. The Morgan fingerprint density at radius 3 is 2.36 bits per heavy atom. The fourth-order valence-electron chi connectivity index (χ4n) is 4.79. The van der Waals surface area contributed by atoms with Crippen molar-refractivity contribution in [2.75, 3.05) is 25.6 Å². The first-order chi connectivity index (χ1) is 16.0. The predicted octanol–water partition coefficient (Wildman–Crippen LogP) is 6.25. The van der Waals surface area contributed by atoms with Gasteiger partial charge in [-0.2, -0.15) is 0 Å². The van der Waals surface area contributed by atoms with Gasteiger partial charge in [0, 0.05) is 35.6 Å². The number of anilines is 1. The number of rotatable bonds is 4. The maximum atomic E-state index is 11.0. The second-order valence-electron chi connectivity index (χ2n) is 8.64. The first-order valence-electron chi connectivity index (χ1n) is 11.0. The van der Waals surface area contributed by atoms with E-state index in [4.69, 9.17) is 4.98 Å². The molecule has 1 unspecified atom stereocenters. The number of phenolic OH excluding ortho intramolecular Hbond substituents is 1. The molecule has 4 aromatic rings. The molecule has 0 aliphatic heterocycles. The average molecular weight is 501 g/mol. The van der Waals surface area contributed by atoms with Gasteiger partial charge in [-0.05, 0) is 64.6 Å². The van der Waals surface area contributed by atoms with Crippen LogP contribution in [-0.2, 0) is 6.42 Å². The van der Waals surface area contributed by atoms with Gasteiger partial charge in [-0.1, -0.05) is 52.3 Å². The number of hydrogen-bond donors (Lipinski definition) is 2. The summed E-state index contributed by atoms with van der Waals surface area (Å²) in [5, 5.41) is 21.4. The number of hydrogen-bond acceptors (Lipinski definition) is 4. The van der Waals surface area contributed by atoms with Crippen LogP contribution in [0.3, 0.4) is 0 Å². The Kier molecular flexibility index (Phi) is 5.69. The van der Waals surface area contributed by atoms with Gasteiger partial charge in [0.2, 0.25) is 0 Å². The Morgan fingerprint density at radius 1 is 0.939 bits per heavy atom. The van der Waals surface area contributed by atoms with E-state index >= 15 is 0 Å². The molecule has 0 amide bonds. The first-order valence-corrected chi connectivity index (χ1v) is 11.8. The fourth-order valence-corrected chi connectivity index (χ4v) is 5.06. The molecular formula is C28H25BrN2O2. The third-order valence-corrected chi connectivity index (χ3v) is 6.97. The van der Waals surface area contributed by atoms with Crippen molar-refractivity contribution in [1.29, 1.82) is 0 Å². The van der Waals surface area contributed by atoms with E-state index in [-0.39, 0.29) is 18.3 Å². The van der Waals surface area contributed by atoms with Gasteiger partial charge in [-0.25, -0.2) is 0 Å². The van der Waals surface area contributed by atoms with Gasteiger partial charge in [-0.15, -0.1) is 0 Å². The number of aromatic hydroxyl groups is 1.